The van der Waals surface area contributed by atoms with Gasteiger partial charge in [0.2, 0.25) is 0 Å². The maximum Gasteiger partial charge on any atom is 0.354 e. The van der Waals surface area contributed by atoms with Crippen molar-refractivity contribution in [3.8, 4) is 0 Å². The first-order valence-corrected chi connectivity index (χ1v) is 7.31. The van der Waals surface area contributed by atoms with Gasteiger partial charge in [0.1, 0.15) is 23.5 Å². The van der Waals surface area contributed by atoms with Crippen LogP contribution in [0.1, 0.15) is 17.4 Å². The van der Waals surface area contributed by atoms with Crippen molar-refractivity contribution in [1.29, 1.82) is 0 Å². The van der Waals surface area contributed by atoms with Crippen molar-refractivity contribution in [2.24, 2.45) is 0 Å². The summed E-state index contributed by atoms with van der Waals surface area (Å²) in [6, 6.07) is 3.57. The molecule has 9 heteroatoms. The summed E-state index contributed by atoms with van der Waals surface area (Å²) >= 11 is 0. The molecule has 4 rings (SSSR count). The van der Waals surface area contributed by atoms with Gasteiger partial charge in [-0.3, -0.25) is 5.10 Å². The second-order valence-electron chi connectivity index (χ2n) is 5.04. The summed E-state index contributed by atoms with van der Waals surface area (Å²) in [7, 11) is 0. The molecule has 0 aliphatic heterocycles. The van der Waals surface area contributed by atoms with E-state index in [0.29, 0.717) is 34.8 Å². The zero-order valence-electron chi connectivity index (χ0n) is 12.7. The Labute approximate surface area is 135 Å². The van der Waals surface area contributed by atoms with E-state index in [1.807, 2.05) is 6.07 Å². The van der Waals surface area contributed by atoms with E-state index < -0.39 is 5.97 Å². The molecule has 0 atom stereocenters. The highest BCUT2D eigenvalue weighted by molar-refractivity contribution is 5.98. The molecule has 4 aromatic rings. The van der Waals surface area contributed by atoms with Gasteiger partial charge in [0.15, 0.2) is 5.65 Å². The van der Waals surface area contributed by atoms with Gasteiger partial charge in [-0.1, -0.05) is 0 Å². The van der Waals surface area contributed by atoms with Crippen LogP contribution in [0, 0.1) is 0 Å². The molecular weight excluding hydrogens is 310 g/mol. The van der Waals surface area contributed by atoms with Gasteiger partial charge >= 0.3 is 5.97 Å². The van der Waals surface area contributed by atoms with Crippen LogP contribution in [-0.4, -0.2) is 42.7 Å². The van der Waals surface area contributed by atoms with E-state index in [1.165, 1.54) is 6.33 Å². The molecule has 0 aliphatic carbocycles. The quantitative estimate of drug-likeness (QED) is 0.492. The monoisotopic (exact) mass is 323 g/mol. The minimum atomic E-state index is -0.428. The van der Waals surface area contributed by atoms with E-state index in [9.17, 15) is 4.79 Å². The predicted octanol–water partition coefficient (Wildman–Crippen LogP) is 2.15. The van der Waals surface area contributed by atoms with Crippen molar-refractivity contribution in [1.82, 2.24) is 30.1 Å². The topological polar surface area (TPSA) is 121 Å². The molecule has 0 fully saturated rings. The van der Waals surface area contributed by atoms with E-state index in [4.69, 9.17) is 4.74 Å². The van der Waals surface area contributed by atoms with Gasteiger partial charge in [0.05, 0.1) is 30.1 Å². The van der Waals surface area contributed by atoms with Gasteiger partial charge in [0, 0.05) is 5.39 Å². The number of fused-ring (bicyclic) bond motifs is 2. The molecule has 0 saturated heterocycles. The first kappa shape index (κ1) is 14.1. The molecule has 0 saturated carbocycles. The van der Waals surface area contributed by atoms with Gasteiger partial charge in [-0.15, -0.1) is 0 Å². The molecular formula is C15H13N7O2. The highest BCUT2D eigenvalue weighted by atomic mass is 16.5. The van der Waals surface area contributed by atoms with Crippen molar-refractivity contribution in [2.45, 2.75) is 6.92 Å². The number of hydrogen-bond donors (Lipinski definition) is 3. The first-order chi connectivity index (χ1) is 11.7. The Hall–Kier alpha value is -3.49. The zero-order chi connectivity index (χ0) is 16.5. The third kappa shape index (κ3) is 2.41. The van der Waals surface area contributed by atoms with Gasteiger partial charge in [-0.25, -0.2) is 19.7 Å². The molecule has 24 heavy (non-hydrogen) atoms. The van der Waals surface area contributed by atoms with E-state index in [-0.39, 0.29) is 0 Å². The molecule has 0 unspecified atom stereocenters. The van der Waals surface area contributed by atoms with Crippen molar-refractivity contribution < 1.29 is 9.53 Å². The lowest BCUT2D eigenvalue weighted by molar-refractivity contribution is 0.0520. The Morgan fingerprint density at radius 2 is 2.12 bits per heavy atom. The van der Waals surface area contributed by atoms with Crippen LogP contribution in [0.4, 0.5) is 11.5 Å². The maximum absolute atomic E-state index is 11.9. The molecule has 0 aromatic carbocycles. The van der Waals surface area contributed by atoms with Crippen molar-refractivity contribution in [2.75, 3.05) is 11.9 Å². The third-order valence-corrected chi connectivity index (χ3v) is 3.48. The molecule has 4 heterocycles. The van der Waals surface area contributed by atoms with Crippen LogP contribution >= 0.6 is 0 Å². The Bertz CT molecular complexity index is 1040. The van der Waals surface area contributed by atoms with Gasteiger partial charge in [-0.2, -0.15) is 5.10 Å². The molecule has 0 spiro atoms. The summed E-state index contributed by atoms with van der Waals surface area (Å²) in [4.78, 5) is 27.4. The number of carbonyl (C=O) groups is 1. The number of pyridine rings is 1. The highest BCUT2D eigenvalue weighted by Crippen LogP contribution is 2.25. The molecule has 3 N–H and O–H groups in total. The number of anilines is 2. The van der Waals surface area contributed by atoms with Gasteiger partial charge in [0.25, 0.3) is 0 Å². The van der Waals surface area contributed by atoms with Crippen LogP contribution in [0.2, 0.25) is 0 Å². The summed E-state index contributed by atoms with van der Waals surface area (Å²) in [5.41, 5.74) is 2.34. The van der Waals surface area contributed by atoms with Crippen LogP contribution in [0.15, 0.2) is 30.9 Å². The van der Waals surface area contributed by atoms with E-state index in [0.717, 1.165) is 11.1 Å². The second-order valence-corrected chi connectivity index (χ2v) is 5.04. The number of esters is 1. The number of hydrogen-bond acceptors (Lipinski definition) is 7. The average Bonchev–Trinajstić information content (AvgIpc) is 3.21. The summed E-state index contributed by atoms with van der Waals surface area (Å²) in [6.45, 7) is 2.06. The van der Waals surface area contributed by atoms with Crippen molar-refractivity contribution in [3.63, 3.8) is 0 Å². The number of rotatable bonds is 4. The van der Waals surface area contributed by atoms with Crippen LogP contribution in [-0.2, 0) is 4.74 Å². The van der Waals surface area contributed by atoms with E-state index in [1.54, 1.807) is 25.4 Å². The fourth-order valence-corrected chi connectivity index (χ4v) is 2.40. The molecule has 120 valence electrons. The Morgan fingerprint density at radius 3 is 3.00 bits per heavy atom. The summed E-state index contributed by atoms with van der Waals surface area (Å²) < 4.78 is 5.00. The molecule has 9 nitrogen and oxygen atoms in total. The standard InChI is InChI=1S/C15H13N7O2/c1-2-24-15(23)11-4-10-13(17-7-18-14(10)21-11)20-9-3-8-5-19-22-12(8)16-6-9/h3-7H,2H2,1H3,(H,16,19,22)(H2,17,18,20,21). The fraction of sp³-hybridized carbons (Fsp3) is 0.133. The lowest BCUT2D eigenvalue weighted by Crippen LogP contribution is -2.04. The lowest BCUT2D eigenvalue weighted by Gasteiger charge is -2.05. The van der Waals surface area contributed by atoms with Crippen LogP contribution in [0.5, 0.6) is 0 Å². The molecule has 0 aliphatic rings. The predicted molar refractivity (Wildman–Crippen MR) is 87.0 cm³/mol. The lowest BCUT2D eigenvalue weighted by atomic mass is 10.3. The van der Waals surface area contributed by atoms with Crippen LogP contribution in [0.3, 0.4) is 0 Å². The Balaban J connectivity index is 1.71. The van der Waals surface area contributed by atoms with Crippen molar-refractivity contribution >= 4 is 39.5 Å². The number of ether oxygens (including phenoxy) is 1. The number of nitrogens with zero attached hydrogens (tertiary/aromatic N) is 4. The van der Waals surface area contributed by atoms with E-state index in [2.05, 4.69) is 35.5 Å². The Kier molecular flexibility index (Phi) is 3.30. The smallest absolute Gasteiger partial charge is 0.354 e. The molecule has 0 bridgehead atoms. The summed E-state index contributed by atoms with van der Waals surface area (Å²) in [5.74, 6) is 0.138. The maximum atomic E-state index is 11.9. The average molecular weight is 323 g/mol. The number of nitrogens with one attached hydrogen (secondary N) is 3. The number of aromatic nitrogens is 6. The first-order valence-electron chi connectivity index (χ1n) is 7.31. The minimum absolute atomic E-state index is 0.307. The zero-order valence-corrected chi connectivity index (χ0v) is 12.7. The third-order valence-electron chi connectivity index (χ3n) is 3.48. The molecule has 0 radical (unpaired) electrons. The number of carbonyl (C=O) groups excluding carboxylic acids is 1. The van der Waals surface area contributed by atoms with Crippen LogP contribution in [0.25, 0.3) is 22.1 Å². The largest absolute Gasteiger partial charge is 0.461 e. The minimum Gasteiger partial charge on any atom is -0.461 e. The fourth-order valence-electron chi connectivity index (χ4n) is 2.40. The second kappa shape index (κ2) is 5.61. The number of aromatic amines is 2. The van der Waals surface area contributed by atoms with Crippen molar-refractivity contribution in [3.05, 3.63) is 36.5 Å². The highest BCUT2D eigenvalue weighted by Gasteiger charge is 2.14. The summed E-state index contributed by atoms with van der Waals surface area (Å²) in [5, 5.41) is 11.5. The molecule has 0 amide bonds. The SMILES string of the molecule is CCOC(=O)c1cc2c(Nc3cnc4[nH]ncc4c3)ncnc2[nH]1. The molecule has 4 aromatic heterocycles. The number of H-pyrrole nitrogens is 2. The normalized spacial score (nSPS) is 11.0. The summed E-state index contributed by atoms with van der Waals surface area (Å²) in [6.07, 6.45) is 4.78. The van der Waals surface area contributed by atoms with Gasteiger partial charge in [-0.05, 0) is 19.1 Å². The van der Waals surface area contributed by atoms with Gasteiger partial charge < -0.3 is 15.0 Å². The Morgan fingerprint density at radius 1 is 1.21 bits per heavy atom. The van der Waals surface area contributed by atoms with Crippen LogP contribution < -0.4 is 5.32 Å². The van der Waals surface area contributed by atoms with E-state index >= 15 is 0 Å².